The van der Waals surface area contributed by atoms with Crippen molar-refractivity contribution >= 4 is 39.1 Å². The molecule has 2 rings (SSSR count). The predicted octanol–water partition coefficient (Wildman–Crippen LogP) is 5.35. The van der Waals surface area contributed by atoms with Gasteiger partial charge in [-0.25, -0.2) is 0 Å². The summed E-state index contributed by atoms with van der Waals surface area (Å²) in [6.07, 6.45) is -0.253. The largest absolute Gasteiger partial charge is 0.496 e. The first-order chi connectivity index (χ1) is 9.92. The van der Waals surface area contributed by atoms with Crippen LogP contribution in [-0.4, -0.2) is 12.2 Å². The molecule has 0 aromatic heterocycles. The van der Waals surface area contributed by atoms with Crippen LogP contribution >= 0.6 is 39.1 Å². The van der Waals surface area contributed by atoms with E-state index in [4.69, 9.17) is 27.9 Å². The van der Waals surface area contributed by atoms with E-state index in [2.05, 4.69) is 15.9 Å². The third kappa shape index (κ3) is 3.92. The van der Waals surface area contributed by atoms with E-state index in [1.807, 2.05) is 25.1 Å². The summed E-state index contributed by atoms with van der Waals surface area (Å²) < 4.78 is 6.29. The van der Waals surface area contributed by atoms with Crippen LogP contribution in [0.3, 0.4) is 0 Å². The minimum absolute atomic E-state index is 0.433. The summed E-state index contributed by atoms with van der Waals surface area (Å²) in [6.45, 7) is 1.97. The highest BCUT2D eigenvalue weighted by Gasteiger charge is 2.16. The van der Waals surface area contributed by atoms with Gasteiger partial charge in [-0.1, -0.05) is 45.2 Å². The number of rotatable bonds is 4. The fourth-order valence-corrected chi connectivity index (χ4v) is 2.79. The van der Waals surface area contributed by atoms with Crippen molar-refractivity contribution in [3.05, 3.63) is 61.5 Å². The van der Waals surface area contributed by atoms with E-state index in [1.165, 1.54) is 0 Å². The van der Waals surface area contributed by atoms with Crippen molar-refractivity contribution in [2.45, 2.75) is 19.4 Å². The normalized spacial score (nSPS) is 12.3. The lowest BCUT2D eigenvalue weighted by Gasteiger charge is -2.17. The first-order valence-corrected chi connectivity index (χ1v) is 7.93. The second kappa shape index (κ2) is 7.01. The van der Waals surface area contributed by atoms with Gasteiger partial charge < -0.3 is 9.84 Å². The summed E-state index contributed by atoms with van der Waals surface area (Å²) in [5.74, 6) is 0.670. The lowest BCUT2D eigenvalue weighted by atomic mass is 9.99. The zero-order valence-electron chi connectivity index (χ0n) is 11.7. The van der Waals surface area contributed by atoms with Crippen LogP contribution in [0.15, 0.2) is 34.8 Å². The van der Waals surface area contributed by atoms with E-state index < -0.39 is 6.10 Å². The summed E-state index contributed by atoms with van der Waals surface area (Å²) >= 11 is 15.4. The maximum atomic E-state index is 10.5. The Balaban J connectivity index is 2.29. The molecule has 0 aliphatic heterocycles. The molecule has 0 heterocycles. The van der Waals surface area contributed by atoms with E-state index >= 15 is 0 Å². The van der Waals surface area contributed by atoms with Crippen molar-refractivity contribution in [1.82, 2.24) is 0 Å². The van der Waals surface area contributed by atoms with Gasteiger partial charge in [-0.3, -0.25) is 0 Å². The molecule has 1 unspecified atom stereocenters. The highest BCUT2D eigenvalue weighted by atomic mass is 79.9. The highest BCUT2D eigenvalue weighted by molar-refractivity contribution is 9.10. The monoisotopic (exact) mass is 388 g/mol. The highest BCUT2D eigenvalue weighted by Crippen LogP contribution is 2.33. The van der Waals surface area contributed by atoms with Crippen LogP contribution in [0, 0.1) is 6.92 Å². The molecule has 0 spiro atoms. The zero-order chi connectivity index (χ0) is 15.6. The number of aryl methyl sites for hydroxylation is 1. The van der Waals surface area contributed by atoms with E-state index in [0.29, 0.717) is 22.2 Å². The van der Waals surface area contributed by atoms with Crippen LogP contribution < -0.4 is 4.74 Å². The molecule has 0 fully saturated rings. The fourth-order valence-electron chi connectivity index (χ4n) is 2.11. The minimum atomic E-state index is -0.686. The first-order valence-electron chi connectivity index (χ1n) is 6.38. The number of hydrogen-bond donors (Lipinski definition) is 1. The molecule has 0 amide bonds. The fraction of sp³-hybridized carbons (Fsp3) is 0.250. The molecule has 0 saturated carbocycles. The average Bonchev–Trinajstić information content (AvgIpc) is 2.45. The van der Waals surface area contributed by atoms with Crippen LogP contribution in [0.4, 0.5) is 0 Å². The van der Waals surface area contributed by atoms with Gasteiger partial charge in [0.05, 0.1) is 23.3 Å². The Bertz CT molecular complexity index is 659. The van der Waals surface area contributed by atoms with Crippen molar-refractivity contribution in [1.29, 1.82) is 0 Å². The summed E-state index contributed by atoms with van der Waals surface area (Å²) in [4.78, 5) is 0. The molecule has 112 valence electrons. The Morgan fingerprint density at radius 2 is 1.90 bits per heavy atom. The van der Waals surface area contributed by atoms with Gasteiger partial charge in [0.2, 0.25) is 0 Å². The molecule has 2 aromatic rings. The molecule has 2 aromatic carbocycles. The number of hydrogen-bond acceptors (Lipinski definition) is 2. The average molecular weight is 390 g/mol. The third-order valence-electron chi connectivity index (χ3n) is 3.28. The van der Waals surface area contributed by atoms with Gasteiger partial charge >= 0.3 is 0 Å². The van der Waals surface area contributed by atoms with Crippen LogP contribution in [0.5, 0.6) is 5.75 Å². The molecule has 0 aliphatic rings. The van der Waals surface area contributed by atoms with Crippen LogP contribution in [-0.2, 0) is 6.42 Å². The second-order valence-electron chi connectivity index (χ2n) is 4.81. The molecule has 0 saturated heterocycles. The third-order valence-corrected chi connectivity index (χ3v) is 4.88. The topological polar surface area (TPSA) is 29.5 Å². The Kier molecular flexibility index (Phi) is 5.55. The standard InChI is InChI=1S/C16H15BrCl2O2/c1-9-5-16(21-2)11(8-12(9)17)15(20)7-10-3-4-13(18)14(19)6-10/h3-6,8,15,20H,7H2,1-2H3. The summed E-state index contributed by atoms with van der Waals surface area (Å²) in [5, 5.41) is 11.5. The number of benzene rings is 2. The summed E-state index contributed by atoms with van der Waals surface area (Å²) in [6, 6.07) is 9.14. The van der Waals surface area contributed by atoms with Gasteiger partial charge in [-0.2, -0.15) is 0 Å². The number of aliphatic hydroxyl groups is 1. The van der Waals surface area contributed by atoms with Crippen molar-refractivity contribution in [2.24, 2.45) is 0 Å². The number of halogens is 3. The maximum Gasteiger partial charge on any atom is 0.125 e. The molecular weight excluding hydrogens is 375 g/mol. The van der Waals surface area contributed by atoms with Crippen molar-refractivity contribution in [3.63, 3.8) is 0 Å². The molecule has 2 nitrogen and oxygen atoms in total. The van der Waals surface area contributed by atoms with Gasteiger partial charge in [0, 0.05) is 16.5 Å². The Morgan fingerprint density at radius 1 is 1.19 bits per heavy atom. The number of ether oxygens (including phenoxy) is 1. The van der Waals surface area contributed by atoms with Crippen molar-refractivity contribution < 1.29 is 9.84 Å². The summed E-state index contributed by atoms with van der Waals surface area (Å²) in [5.41, 5.74) is 2.70. The second-order valence-corrected chi connectivity index (χ2v) is 6.48. The van der Waals surface area contributed by atoms with Crippen molar-refractivity contribution in [2.75, 3.05) is 7.11 Å². The Labute approximate surface area is 142 Å². The van der Waals surface area contributed by atoms with E-state index in [-0.39, 0.29) is 0 Å². The molecule has 21 heavy (non-hydrogen) atoms. The number of aliphatic hydroxyl groups excluding tert-OH is 1. The zero-order valence-corrected chi connectivity index (χ0v) is 14.8. The smallest absolute Gasteiger partial charge is 0.125 e. The summed E-state index contributed by atoms with van der Waals surface area (Å²) in [7, 11) is 1.60. The van der Waals surface area contributed by atoms with Crippen LogP contribution in [0.25, 0.3) is 0 Å². The van der Waals surface area contributed by atoms with E-state index in [0.717, 1.165) is 21.2 Å². The molecule has 0 bridgehead atoms. The molecule has 1 atom stereocenters. The molecule has 0 radical (unpaired) electrons. The minimum Gasteiger partial charge on any atom is -0.496 e. The van der Waals surface area contributed by atoms with Crippen LogP contribution in [0.2, 0.25) is 10.0 Å². The SMILES string of the molecule is COc1cc(C)c(Br)cc1C(O)Cc1ccc(Cl)c(Cl)c1. The first kappa shape index (κ1) is 16.6. The van der Waals surface area contributed by atoms with E-state index in [1.54, 1.807) is 19.2 Å². The van der Waals surface area contributed by atoms with Gasteiger partial charge in [0.25, 0.3) is 0 Å². The predicted molar refractivity (Wildman–Crippen MR) is 90.6 cm³/mol. The van der Waals surface area contributed by atoms with Gasteiger partial charge in [-0.05, 0) is 42.3 Å². The van der Waals surface area contributed by atoms with Gasteiger partial charge in [0.15, 0.2) is 0 Å². The maximum absolute atomic E-state index is 10.5. The van der Waals surface area contributed by atoms with E-state index in [9.17, 15) is 5.11 Å². The molecule has 0 aliphatic carbocycles. The van der Waals surface area contributed by atoms with Crippen molar-refractivity contribution in [3.8, 4) is 5.75 Å². The molecule has 1 N–H and O–H groups in total. The number of methoxy groups -OCH3 is 1. The molecule has 5 heteroatoms. The van der Waals surface area contributed by atoms with Crippen LogP contribution in [0.1, 0.15) is 22.8 Å². The Hall–Kier alpha value is -0.740. The molecular formula is C16H15BrCl2O2. The lowest BCUT2D eigenvalue weighted by molar-refractivity contribution is 0.174. The lowest BCUT2D eigenvalue weighted by Crippen LogP contribution is -2.05. The Morgan fingerprint density at radius 3 is 2.52 bits per heavy atom. The van der Waals surface area contributed by atoms with Gasteiger partial charge in [-0.15, -0.1) is 0 Å². The van der Waals surface area contributed by atoms with Gasteiger partial charge in [0.1, 0.15) is 5.75 Å². The quantitative estimate of drug-likeness (QED) is 0.763.